The Kier molecular flexibility index (Phi) is 4.35. The lowest BCUT2D eigenvalue weighted by Gasteiger charge is -2.23. The molecule has 0 aromatic rings. The Hall–Kier alpha value is -0.130. The van der Waals surface area contributed by atoms with E-state index < -0.39 is 20.7 Å². The molecular weight excluding hydrogens is 190 g/mol. The van der Waals surface area contributed by atoms with Gasteiger partial charge in [-0.3, -0.25) is 0 Å². The SMILES string of the molecule is C[C@H](O)CNCC(C)(C)S(C)(=O)=O. The van der Waals surface area contributed by atoms with Crippen LogP contribution in [0.4, 0.5) is 0 Å². The van der Waals surface area contributed by atoms with Crippen LogP contribution in [-0.2, 0) is 9.84 Å². The molecule has 80 valence electrons. The third kappa shape index (κ3) is 4.59. The highest BCUT2D eigenvalue weighted by molar-refractivity contribution is 7.92. The molecule has 0 aromatic heterocycles. The van der Waals surface area contributed by atoms with Gasteiger partial charge < -0.3 is 10.4 Å². The van der Waals surface area contributed by atoms with Crippen molar-refractivity contribution in [3.63, 3.8) is 0 Å². The molecule has 0 aliphatic rings. The topological polar surface area (TPSA) is 66.4 Å². The Morgan fingerprint density at radius 1 is 1.46 bits per heavy atom. The van der Waals surface area contributed by atoms with Gasteiger partial charge in [0.1, 0.15) is 0 Å². The van der Waals surface area contributed by atoms with E-state index in [9.17, 15) is 8.42 Å². The van der Waals surface area contributed by atoms with Crippen molar-refractivity contribution in [3.05, 3.63) is 0 Å². The van der Waals surface area contributed by atoms with Crippen LogP contribution in [0.3, 0.4) is 0 Å². The second-order valence-electron chi connectivity index (χ2n) is 4.01. The third-order valence-corrected chi connectivity index (χ3v) is 4.15. The van der Waals surface area contributed by atoms with Gasteiger partial charge in [0.05, 0.1) is 10.9 Å². The Bertz CT molecular complexity index is 244. The molecule has 0 saturated carbocycles. The molecule has 13 heavy (non-hydrogen) atoms. The summed E-state index contributed by atoms with van der Waals surface area (Å²) in [5.74, 6) is 0. The summed E-state index contributed by atoms with van der Waals surface area (Å²) in [6.45, 7) is 5.75. The van der Waals surface area contributed by atoms with E-state index in [0.717, 1.165) is 0 Å². The van der Waals surface area contributed by atoms with Gasteiger partial charge in [0.2, 0.25) is 0 Å². The Balaban J connectivity index is 4.06. The summed E-state index contributed by atoms with van der Waals surface area (Å²) in [5, 5.41) is 11.8. The number of hydrogen-bond acceptors (Lipinski definition) is 4. The molecule has 0 unspecified atom stereocenters. The van der Waals surface area contributed by atoms with Gasteiger partial charge >= 0.3 is 0 Å². The molecule has 0 aliphatic heterocycles. The predicted molar refractivity (Wildman–Crippen MR) is 53.5 cm³/mol. The maximum absolute atomic E-state index is 11.2. The standard InChI is InChI=1S/C8H19NO3S/c1-7(10)5-9-6-8(2,3)13(4,11)12/h7,9-10H,5-6H2,1-4H3/t7-/m0/s1. The average molecular weight is 209 g/mol. The molecule has 0 spiro atoms. The van der Waals surface area contributed by atoms with Gasteiger partial charge in [-0.2, -0.15) is 0 Å². The molecule has 4 nitrogen and oxygen atoms in total. The van der Waals surface area contributed by atoms with E-state index in [1.54, 1.807) is 20.8 Å². The predicted octanol–water partition coefficient (Wildman–Crippen LogP) is -0.220. The van der Waals surface area contributed by atoms with Crippen molar-refractivity contribution in [1.82, 2.24) is 5.32 Å². The number of aliphatic hydroxyl groups is 1. The lowest BCUT2D eigenvalue weighted by molar-refractivity contribution is 0.190. The van der Waals surface area contributed by atoms with Crippen LogP contribution in [0.15, 0.2) is 0 Å². The first-order chi connectivity index (χ1) is 5.67. The van der Waals surface area contributed by atoms with Crippen LogP contribution in [0.1, 0.15) is 20.8 Å². The van der Waals surface area contributed by atoms with Crippen LogP contribution in [0.5, 0.6) is 0 Å². The van der Waals surface area contributed by atoms with Crippen molar-refractivity contribution >= 4 is 9.84 Å². The molecule has 0 bridgehead atoms. The lowest BCUT2D eigenvalue weighted by Crippen LogP contribution is -2.43. The summed E-state index contributed by atoms with van der Waals surface area (Å²) < 4.78 is 21.7. The van der Waals surface area contributed by atoms with Gasteiger partial charge in [0, 0.05) is 19.3 Å². The zero-order valence-electron chi connectivity index (χ0n) is 8.66. The van der Waals surface area contributed by atoms with Crippen LogP contribution in [0, 0.1) is 0 Å². The molecule has 0 radical (unpaired) electrons. The number of sulfone groups is 1. The van der Waals surface area contributed by atoms with Crippen molar-refractivity contribution in [2.45, 2.75) is 31.6 Å². The fourth-order valence-corrected chi connectivity index (χ4v) is 1.08. The Morgan fingerprint density at radius 3 is 2.23 bits per heavy atom. The molecule has 5 heteroatoms. The monoisotopic (exact) mass is 209 g/mol. The highest BCUT2D eigenvalue weighted by Gasteiger charge is 2.29. The van der Waals surface area contributed by atoms with Gasteiger partial charge in [0.15, 0.2) is 9.84 Å². The van der Waals surface area contributed by atoms with Crippen LogP contribution in [0.2, 0.25) is 0 Å². The molecule has 0 fully saturated rings. The molecule has 1 atom stereocenters. The fraction of sp³-hybridized carbons (Fsp3) is 1.00. The zero-order chi connectivity index (χ0) is 10.7. The molecule has 0 heterocycles. The molecule has 0 amide bonds. The highest BCUT2D eigenvalue weighted by atomic mass is 32.2. The smallest absolute Gasteiger partial charge is 0.153 e. The largest absolute Gasteiger partial charge is 0.392 e. The lowest BCUT2D eigenvalue weighted by atomic mass is 10.2. The van der Waals surface area contributed by atoms with Gasteiger partial charge in [-0.15, -0.1) is 0 Å². The Morgan fingerprint density at radius 2 is 1.92 bits per heavy atom. The van der Waals surface area contributed by atoms with E-state index in [0.29, 0.717) is 13.1 Å². The van der Waals surface area contributed by atoms with Gasteiger partial charge in [-0.05, 0) is 20.8 Å². The van der Waals surface area contributed by atoms with Crippen LogP contribution in [-0.4, -0.2) is 43.7 Å². The maximum atomic E-state index is 11.2. The van der Waals surface area contributed by atoms with Crippen LogP contribution >= 0.6 is 0 Å². The summed E-state index contributed by atoms with van der Waals surface area (Å²) in [5.41, 5.74) is 0. The third-order valence-electron chi connectivity index (χ3n) is 1.99. The molecular formula is C8H19NO3S. The highest BCUT2D eigenvalue weighted by Crippen LogP contribution is 2.12. The fourth-order valence-electron chi connectivity index (χ4n) is 0.713. The van der Waals surface area contributed by atoms with Crippen molar-refractivity contribution < 1.29 is 13.5 Å². The average Bonchev–Trinajstić information content (AvgIpc) is 1.82. The van der Waals surface area contributed by atoms with E-state index in [-0.39, 0.29) is 0 Å². The summed E-state index contributed by atoms with van der Waals surface area (Å²) >= 11 is 0. The summed E-state index contributed by atoms with van der Waals surface area (Å²) in [7, 11) is -3.04. The van der Waals surface area contributed by atoms with Crippen LogP contribution < -0.4 is 5.32 Å². The number of hydrogen-bond donors (Lipinski definition) is 2. The van der Waals surface area contributed by atoms with Crippen molar-refractivity contribution in [2.24, 2.45) is 0 Å². The second kappa shape index (κ2) is 4.39. The van der Waals surface area contributed by atoms with E-state index >= 15 is 0 Å². The maximum Gasteiger partial charge on any atom is 0.153 e. The van der Waals surface area contributed by atoms with Crippen molar-refractivity contribution in [3.8, 4) is 0 Å². The Labute approximate surface area is 80.3 Å². The molecule has 0 rings (SSSR count). The van der Waals surface area contributed by atoms with E-state index in [2.05, 4.69) is 5.32 Å². The number of rotatable bonds is 5. The summed E-state index contributed by atoms with van der Waals surface area (Å²) in [6, 6.07) is 0. The first-order valence-electron chi connectivity index (χ1n) is 4.25. The van der Waals surface area contributed by atoms with E-state index in [1.165, 1.54) is 6.26 Å². The molecule has 0 aromatic carbocycles. The second-order valence-corrected chi connectivity index (χ2v) is 6.66. The van der Waals surface area contributed by atoms with Gasteiger partial charge in [-0.1, -0.05) is 0 Å². The first kappa shape index (κ1) is 12.9. The number of nitrogens with one attached hydrogen (secondary N) is 1. The zero-order valence-corrected chi connectivity index (χ0v) is 9.48. The van der Waals surface area contributed by atoms with Gasteiger partial charge in [-0.25, -0.2) is 8.42 Å². The normalized spacial score (nSPS) is 15.8. The summed E-state index contributed by atoms with van der Waals surface area (Å²) in [4.78, 5) is 0. The minimum atomic E-state index is -3.04. The summed E-state index contributed by atoms with van der Waals surface area (Å²) in [6.07, 6.45) is 0.771. The van der Waals surface area contributed by atoms with E-state index in [1.807, 2.05) is 0 Å². The molecule has 0 aliphatic carbocycles. The van der Waals surface area contributed by atoms with Crippen molar-refractivity contribution in [2.75, 3.05) is 19.3 Å². The quantitative estimate of drug-likeness (QED) is 0.657. The van der Waals surface area contributed by atoms with E-state index in [4.69, 9.17) is 5.11 Å². The van der Waals surface area contributed by atoms with Crippen molar-refractivity contribution in [1.29, 1.82) is 0 Å². The minimum Gasteiger partial charge on any atom is -0.392 e. The number of aliphatic hydroxyl groups excluding tert-OH is 1. The van der Waals surface area contributed by atoms with Gasteiger partial charge in [0.25, 0.3) is 0 Å². The molecule has 2 N–H and O–H groups in total. The first-order valence-corrected chi connectivity index (χ1v) is 6.14. The molecule has 0 saturated heterocycles. The minimum absolute atomic E-state index is 0.358. The van der Waals surface area contributed by atoms with Crippen LogP contribution in [0.25, 0.3) is 0 Å².